The number of amides is 1. The maximum absolute atomic E-state index is 14.5. The zero-order chi connectivity index (χ0) is 24.6. The smallest absolute Gasteiger partial charge is 0.255 e. The van der Waals surface area contributed by atoms with Crippen molar-refractivity contribution in [2.75, 3.05) is 12.4 Å². The number of primary sulfonamides is 1. The monoisotopic (exact) mass is 491 g/mol. The highest BCUT2D eigenvalue weighted by molar-refractivity contribution is 7.89. The van der Waals surface area contributed by atoms with Gasteiger partial charge in [-0.1, -0.05) is 12.1 Å². The number of nitrogens with zero attached hydrogens (tertiary/aromatic N) is 1. The average molecular weight is 491 g/mol. The molecular weight excluding hydrogens is 471 g/mol. The molecule has 0 radical (unpaired) electrons. The number of rotatable bonds is 5. The molecule has 1 aliphatic rings. The summed E-state index contributed by atoms with van der Waals surface area (Å²) in [6.45, 7) is 0. The van der Waals surface area contributed by atoms with E-state index in [1.165, 1.54) is 37.6 Å². The summed E-state index contributed by atoms with van der Waals surface area (Å²) in [5, 5.41) is 7.31. The normalized spacial score (nSPS) is 17.7. The fourth-order valence-electron chi connectivity index (χ4n) is 4.27. The standard InChI is InChI=1S/C23H20F3N3O4S/c1-33-22-16(4-5-19(25)21(22)26)17-9-12-2-3-14(24)8-13(12)10-18(17)23(30)29-15-6-7-28-20(11-15)34(27,31)32/h2-8,11,17-18H,9-10H2,1H3,(H2,27,31,32)(H,28,29,30)/t17?,18-/m0/s1. The molecule has 2 atom stereocenters. The Bertz CT molecular complexity index is 1380. The quantitative estimate of drug-likeness (QED) is 0.569. The van der Waals surface area contributed by atoms with E-state index in [-0.39, 0.29) is 29.8 Å². The number of halogens is 3. The Kier molecular flexibility index (Phi) is 6.32. The van der Waals surface area contributed by atoms with Gasteiger partial charge in [-0.05, 0) is 48.2 Å². The van der Waals surface area contributed by atoms with Crippen LogP contribution in [0.4, 0.5) is 18.9 Å². The fraction of sp³-hybridized carbons (Fsp3) is 0.217. The van der Waals surface area contributed by atoms with Gasteiger partial charge in [0.15, 0.2) is 16.6 Å². The third-order valence-electron chi connectivity index (χ3n) is 5.85. The van der Waals surface area contributed by atoms with Gasteiger partial charge in [-0.25, -0.2) is 27.3 Å². The molecule has 3 N–H and O–H groups in total. The molecule has 1 unspecified atom stereocenters. The minimum absolute atomic E-state index is 0.110. The second-order valence-corrected chi connectivity index (χ2v) is 9.44. The Labute approximate surface area is 193 Å². The highest BCUT2D eigenvalue weighted by Gasteiger charge is 2.37. The summed E-state index contributed by atoms with van der Waals surface area (Å²) < 4.78 is 70.5. The zero-order valence-electron chi connectivity index (χ0n) is 17.9. The Balaban J connectivity index is 1.75. The summed E-state index contributed by atoms with van der Waals surface area (Å²) in [5.41, 5.74) is 1.79. The minimum Gasteiger partial charge on any atom is -0.493 e. The number of aromatic nitrogens is 1. The largest absolute Gasteiger partial charge is 0.493 e. The van der Waals surface area contributed by atoms with Crippen molar-refractivity contribution in [3.05, 3.63) is 82.8 Å². The third-order valence-corrected chi connectivity index (χ3v) is 6.65. The van der Waals surface area contributed by atoms with Crippen molar-refractivity contribution in [3.63, 3.8) is 0 Å². The molecule has 0 spiro atoms. The summed E-state index contributed by atoms with van der Waals surface area (Å²) in [4.78, 5) is 17.0. The lowest BCUT2D eigenvalue weighted by molar-refractivity contribution is -0.120. The molecule has 1 aromatic heterocycles. The van der Waals surface area contributed by atoms with Crippen LogP contribution in [0.25, 0.3) is 0 Å². The predicted molar refractivity (Wildman–Crippen MR) is 117 cm³/mol. The van der Waals surface area contributed by atoms with Crippen LogP contribution in [0.5, 0.6) is 5.75 Å². The Hall–Kier alpha value is -3.44. The van der Waals surface area contributed by atoms with Crippen molar-refractivity contribution in [1.29, 1.82) is 0 Å². The van der Waals surface area contributed by atoms with Crippen LogP contribution in [0.1, 0.15) is 22.6 Å². The number of ether oxygens (including phenoxy) is 1. The maximum atomic E-state index is 14.5. The molecule has 0 saturated heterocycles. The third kappa shape index (κ3) is 4.62. The zero-order valence-corrected chi connectivity index (χ0v) is 18.7. The number of anilines is 1. The Morgan fingerprint density at radius 2 is 1.85 bits per heavy atom. The van der Waals surface area contributed by atoms with Crippen LogP contribution >= 0.6 is 0 Å². The first-order valence-electron chi connectivity index (χ1n) is 10.2. The number of carbonyl (C=O) groups is 1. The van der Waals surface area contributed by atoms with Crippen molar-refractivity contribution in [3.8, 4) is 5.75 Å². The van der Waals surface area contributed by atoms with E-state index in [1.54, 1.807) is 6.07 Å². The lowest BCUT2D eigenvalue weighted by Gasteiger charge is -2.33. The highest BCUT2D eigenvalue weighted by atomic mass is 32.2. The lowest BCUT2D eigenvalue weighted by Crippen LogP contribution is -2.34. The number of fused-ring (bicyclic) bond motifs is 1. The van der Waals surface area contributed by atoms with Crippen LogP contribution in [0.2, 0.25) is 0 Å². The van der Waals surface area contributed by atoms with Crippen molar-refractivity contribution in [2.45, 2.75) is 23.8 Å². The number of hydrogen-bond donors (Lipinski definition) is 2. The molecule has 0 aliphatic heterocycles. The first-order valence-corrected chi connectivity index (χ1v) is 11.7. The van der Waals surface area contributed by atoms with Gasteiger partial charge in [-0.15, -0.1) is 0 Å². The number of hydrogen-bond acceptors (Lipinski definition) is 5. The van der Waals surface area contributed by atoms with Crippen molar-refractivity contribution in [1.82, 2.24) is 4.98 Å². The number of nitrogens with two attached hydrogens (primary N) is 1. The van der Waals surface area contributed by atoms with Crippen molar-refractivity contribution < 1.29 is 31.1 Å². The molecule has 178 valence electrons. The molecule has 34 heavy (non-hydrogen) atoms. The van der Waals surface area contributed by atoms with Crippen molar-refractivity contribution in [2.24, 2.45) is 11.1 Å². The van der Waals surface area contributed by atoms with E-state index in [0.29, 0.717) is 5.56 Å². The molecule has 3 aromatic rings. The van der Waals surface area contributed by atoms with Gasteiger partial charge < -0.3 is 10.1 Å². The van der Waals surface area contributed by atoms with Gasteiger partial charge in [0.05, 0.1) is 7.11 Å². The summed E-state index contributed by atoms with van der Waals surface area (Å²) >= 11 is 0. The topological polar surface area (TPSA) is 111 Å². The molecule has 1 amide bonds. The molecule has 1 heterocycles. The van der Waals surface area contributed by atoms with E-state index < -0.39 is 50.2 Å². The summed E-state index contributed by atoms with van der Waals surface area (Å²) in [6, 6.07) is 9.04. The van der Waals surface area contributed by atoms with Crippen LogP contribution < -0.4 is 15.2 Å². The molecule has 0 bridgehead atoms. The fourth-order valence-corrected chi connectivity index (χ4v) is 4.77. The van der Waals surface area contributed by atoms with Crippen LogP contribution in [0.15, 0.2) is 53.7 Å². The van der Waals surface area contributed by atoms with Crippen molar-refractivity contribution >= 4 is 21.6 Å². The van der Waals surface area contributed by atoms with Gasteiger partial charge in [-0.3, -0.25) is 4.79 Å². The first kappa shape index (κ1) is 23.7. The van der Waals surface area contributed by atoms with E-state index in [1.807, 2.05) is 0 Å². The number of sulfonamides is 1. The number of carbonyl (C=O) groups excluding carboxylic acids is 1. The summed E-state index contributed by atoms with van der Waals surface area (Å²) in [7, 11) is -2.90. The number of benzene rings is 2. The number of methoxy groups -OCH3 is 1. The number of pyridine rings is 1. The van der Waals surface area contributed by atoms with Crippen LogP contribution in [-0.4, -0.2) is 26.4 Å². The molecule has 0 fully saturated rings. The SMILES string of the molecule is COc1c(C2Cc3ccc(F)cc3C[C@@H]2C(=O)Nc2ccnc(S(N)(=O)=O)c2)ccc(F)c1F. The van der Waals surface area contributed by atoms with Gasteiger partial charge in [-0.2, -0.15) is 4.39 Å². The molecule has 7 nitrogen and oxygen atoms in total. The van der Waals surface area contributed by atoms with Crippen LogP contribution in [0, 0.1) is 23.4 Å². The van der Waals surface area contributed by atoms with E-state index >= 15 is 0 Å². The molecular formula is C23H20F3N3O4S. The van der Waals surface area contributed by atoms with Crippen LogP contribution in [-0.2, 0) is 27.7 Å². The molecule has 11 heteroatoms. The summed E-state index contributed by atoms with van der Waals surface area (Å²) in [6.07, 6.45) is 1.53. The Morgan fingerprint density at radius 3 is 2.56 bits per heavy atom. The van der Waals surface area contributed by atoms with Gasteiger partial charge >= 0.3 is 0 Å². The maximum Gasteiger partial charge on any atom is 0.255 e. The Morgan fingerprint density at radius 1 is 1.09 bits per heavy atom. The average Bonchev–Trinajstić information content (AvgIpc) is 2.79. The highest BCUT2D eigenvalue weighted by Crippen LogP contribution is 2.42. The molecule has 4 rings (SSSR count). The minimum atomic E-state index is -4.10. The van der Waals surface area contributed by atoms with Crippen LogP contribution in [0.3, 0.4) is 0 Å². The van der Waals surface area contributed by atoms with E-state index in [0.717, 1.165) is 17.7 Å². The van der Waals surface area contributed by atoms with Gasteiger partial charge in [0, 0.05) is 35.3 Å². The lowest BCUT2D eigenvalue weighted by atomic mass is 9.72. The molecule has 0 saturated carbocycles. The van der Waals surface area contributed by atoms with Gasteiger partial charge in [0.1, 0.15) is 5.82 Å². The second-order valence-electron chi connectivity index (χ2n) is 7.94. The number of nitrogens with one attached hydrogen (secondary N) is 1. The molecule has 2 aromatic carbocycles. The second kappa shape index (κ2) is 9.07. The first-order chi connectivity index (χ1) is 16.1. The predicted octanol–water partition coefficient (Wildman–Crippen LogP) is 3.29. The summed E-state index contributed by atoms with van der Waals surface area (Å²) in [5.74, 6) is -5.04. The van der Waals surface area contributed by atoms with Gasteiger partial charge in [0.25, 0.3) is 10.0 Å². The molecule has 1 aliphatic carbocycles. The van der Waals surface area contributed by atoms with E-state index in [9.17, 15) is 26.4 Å². The van der Waals surface area contributed by atoms with E-state index in [2.05, 4.69) is 10.3 Å². The van der Waals surface area contributed by atoms with Gasteiger partial charge in [0.2, 0.25) is 11.7 Å². The van der Waals surface area contributed by atoms with E-state index in [4.69, 9.17) is 9.88 Å².